The van der Waals surface area contributed by atoms with Gasteiger partial charge in [-0.25, -0.2) is 0 Å². The van der Waals surface area contributed by atoms with Gasteiger partial charge in [-0.1, -0.05) is 41.9 Å². The standard InChI is InChI=1S/C19H20ClN3O/c20-15-6-2-1-5-14(15)13-23-11-9-19(10-12-23)18(24)21-16-7-3-4-8-17(16)22-19/h1-8,22H,9-13H2,(H,21,24). The molecular weight excluding hydrogens is 322 g/mol. The highest BCUT2D eigenvalue weighted by atomic mass is 35.5. The number of anilines is 2. The molecular formula is C19H20ClN3O. The number of hydrogen-bond acceptors (Lipinski definition) is 3. The number of carbonyl (C=O) groups excluding carboxylic acids is 1. The zero-order valence-electron chi connectivity index (χ0n) is 13.4. The van der Waals surface area contributed by atoms with E-state index in [0.717, 1.165) is 54.4 Å². The molecule has 0 aromatic heterocycles. The summed E-state index contributed by atoms with van der Waals surface area (Å²) in [5.41, 5.74) is 2.52. The Morgan fingerprint density at radius 3 is 2.42 bits per heavy atom. The Hall–Kier alpha value is -2.04. The fourth-order valence-corrected chi connectivity index (χ4v) is 3.77. The van der Waals surface area contributed by atoms with E-state index in [0.29, 0.717) is 0 Å². The van der Waals surface area contributed by atoms with Crippen molar-refractivity contribution in [1.82, 2.24) is 4.90 Å². The van der Waals surface area contributed by atoms with Gasteiger partial charge in [-0.3, -0.25) is 9.69 Å². The molecule has 2 aliphatic rings. The monoisotopic (exact) mass is 341 g/mol. The average molecular weight is 342 g/mol. The summed E-state index contributed by atoms with van der Waals surface area (Å²) in [5, 5.41) is 7.35. The Labute approximate surface area is 146 Å². The first-order chi connectivity index (χ1) is 11.7. The van der Waals surface area contributed by atoms with Crippen LogP contribution < -0.4 is 10.6 Å². The van der Waals surface area contributed by atoms with Gasteiger partial charge < -0.3 is 10.6 Å². The molecule has 4 nitrogen and oxygen atoms in total. The van der Waals surface area contributed by atoms with Crippen LogP contribution >= 0.6 is 11.6 Å². The first kappa shape index (κ1) is 15.5. The van der Waals surface area contributed by atoms with Crippen molar-refractivity contribution in [2.24, 2.45) is 0 Å². The topological polar surface area (TPSA) is 44.4 Å². The van der Waals surface area contributed by atoms with E-state index in [2.05, 4.69) is 21.6 Å². The molecule has 1 saturated heterocycles. The largest absolute Gasteiger partial charge is 0.369 e. The third-order valence-corrected chi connectivity index (χ3v) is 5.41. The zero-order chi connectivity index (χ0) is 16.6. The van der Waals surface area contributed by atoms with E-state index < -0.39 is 5.54 Å². The second-order valence-electron chi connectivity index (χ2n) is 6.57. The number of para-hydroxylation sites is 2. The summed E-state index contributed by atoms with van der Waals surface area (Å²) in [6, 6.07) is 15.8. The molecule has 2 N–H and O–H groups in total. The number of nitrogens with one attached hydrogen (secondary N) is 2. The van der Waals surface area contributed by atoms with Gasteiger partial charge in [0.15, 0.2) is 0 Å². The van der Waals surface area contributed by atoms with E-state index in [9.17, 15) is 4.79 Å². The van der Waals surface area contributed by atoms with Crippen molar-refractivity contribution in [2.75, 3.05) is 23.7 Å². The highest BCUT2D eigenvalue weighted by Gasteiger charge is 2.44. The number of amides is 1. The maximum atomic E-state index is 12.6. The summed E-state index contributed by atoms with van der Waals surface area (Å²) in [7, 11) is 0. The number of halogens is 1. The van der Waals surface area contributed by atoms with Gasteiger partial charge in [0.05, 0.1) is 11.4 Å². The first-order valence-corrected chi connectivity index (χ1v) is 8.69. The number of nitrogens with zero attached hydrogens (tertiary/aromatic N) is 1. The third kappa shape index (κ3) is 2.76. The Bertz CT molecular complexity index is 769. The number of carbonyl (C=O) groups is 1. The van der Waals surface area contributed by atoms with E-state index in [-0.39, 0.29) is 5.91 Å². The average Bonchev–Trinajstić information content (AvgIpc) is 2.60. The lowest BCUT2D eigenvalue weighted by molar-refractivity contribution is -0.122. The quantitative estimate of drug-likeness (QED) is 0.874. The summed E-state index contributed by atoms with van der Waals surface area (Å²) in [6.45, 7) is 2.57. The molecule has 24 heavy (non-hydrogen) atoms. The second kappa shape index (κ2) is 6.11. The van der Waals surface area contributed by atoms with Gasteiger partial charge in [0.1, 0.15) is 5.54 Å². The van der Waals surface area contributed by atoms with Gasteiger partial charge in [0.2, 0.25) is 5.91 Å². The van der Waals surface area contributed by atoms with Gasteiger partial charge in [0, 0.05) is 24.7 Å². The van der Waals surface area contributed by atoms with Crippen LogP contribution in [0.1, 0.15) is 18.4 Å². The van der Waals surface area contributed by atoms with Crippen LogP contribution in [0.3, 0.4) is 0 Å². The minimum atomic E-state index is -0.495. The zero-order valence-corrected chi connectivity index (χ0v) is 14.1. The normalized spacial score (nSPS) is 19.5. The summed E-state index contributed by atoms with van der Waals surface area (Å²) in [4.78, 5) is 15.0. The minimum Gasteiger partial charge on any atom is -0.369 e. The molecule has 1 spiro atoms. The predicted octanol–water partition coefficient (Wildman–Crippen LogP) is 3.74. The molecule has 124 valence electrons. The van der Waals surface area contributed by atoms with E-state index in [1.807, 2.05) is 42.5 Å². The number of fused-ring (bicyclic) bond motifs is 1. The van der Waals surface area contributed by atoms with Gasteiger partial charge in [-0.2, -0.15) is 0 Å². The molecule has 2 aromatic rings. The fraction of sp³-hybridized carbons (Fsp3) is 0.316. The van der Waals surface area contributed by atoms with Gasteiger partial charge in [0.25, 0.3) is 0 Å². The van der Waals surface area contributed by atoms with Gasteiger partial charge in [-0.15, -0.1) is 0 Å². The van der Waals surface area contributed by atoms with E-state index in [1.165, 1.54) is 0 Å². The maximum Gasteiger partial charge on any atom is 0.250 e. The second-order valence-corrected chi connectivity index (χ2v) is 6.98. The molecule has 2 heterocycles. The Morgan fingerprint density at radius 2 is 1.67 bits per heavy atom. The van der Waals surface area contributed by atoms with Gasteiger partial charge in [-0.05, 0) is 36.6 Å². The van der Waals surface area contributed by atoms with Crippen molar-refractivity contribution >= 4 is 28.9 Å². The van der Waals surface area contributed by atoms with Crippen molar-refractivity contribution in [2.45, 2.75) is 24.9 Å². The third-order valence-electron chi connectivity index (χ3n) is 5.05. The molecule has 0 unspecified atom stereocenters. The number of benzene rings is 2. The number of likely N-dealkylation sites (tertiary alicyclic amines) is 1. The van der Waals surface area contributed by atoms with Crippen molar-refractivity contribution in [1.29, 1.82) is 0 Å². The van der Waals surface area contributed by atoms with Crippen molar-refractivity contribution in [3.63, 3.8) is 0 Å². The Morgan fingerprint density at radius 1 is 1.00 bits per heavy atom. The van der Waals surface area contributed by atoms with Crippen molar-refractivity contribution in [3.05, 3.63) is 59.1 Å². The predicted molar refractivity (Wildman–Crippen MR) is 97.4 cm³/mol. The van der Waals surface area contributed by atoms with Crippen LogP contribution in [-0.2, 0) is 11.3 Å². The molecule has 1 amide bonds. The summed E-state index contributed by atoms with van der Waals surface area (Å²) in [6.07, 6.45) is 1.58. The number of hydrogen-bond donors (Lipinski definition) is 2. The van der Waals surface area contributed by atoms with Crippen LogP contribution in [0.2, 0.25) is 5.02 Å². The SMILES string of the molecule is O=C1Nc2ccccc2NC12CCN(Cc1ccccc1Cl)CC2. The van der Waals surface area contributed by atoms with Crippen LogP contribution in [0.4, 0.5) is 11.4 Å². The lowest BCUT2D eigenvalue weighted by Crippen LogP contribution is -2.58. The fourth-order valence-electron chi connectivity index (χ4n) is 3.57. The molecule has 4 rings (SSSR count). The highest BCUT2D eigenvalue weighted by Crippen LogP contribution is 2.36. The maximum absolute atomic E-state index is 12.6. The van der Waals surface area contributed by atoms with Crippen LogP contribution in [0.15, 0.2) is 48.5 Å². The van der Waals surface area contributed by atoms with Crippen molar-refractivity contribution < 1.29 is 4.79 Å². The molecule has 1 fully saturated rings. The Balaban J connectivity index is 1.46. The van der Waals surface area contributed by atoms with E-state index >= 15 is 0 Å². The summed E-state index contributed by atoms with van der Waals surface area (Å²) < 4.78 is 0. The molecule has 5 heteroatoms. The molecule has 0 bridgehead atoms. The van der Waals surface area contributed by atoms with Crippen LogP contribution in [0.25, 0.3) is 0 Å². The lowest BCUT2D eigenvalue weighted by atomic mass is 9.84. The molecule has 2 aliphatic heterocycles. The smallest absolute Gasteiger partial charge is 0.250 e. The number of piperidine rings is 1. The Kier molecular flexibility index (Phi) is 3.94. The van der Waals surface area contributed by atoms with Crippen LogP contribution in [0.5, 0.6) is 0 Å². The molecule has 0 saturated carbocycles. The summed E-state index contributed by atoms with van der Waals surface area (Å²) >= 11 is 6.26. The summed E-state index contributed by atoms with van der Waals surface area (Å²) in [5.74, 6) is 0.0820. The van der Waals surface area contributed by atoms with Crippen molar-refractivity contribution in [3.8, 4) is 0 Å². The number of rotatable bonds is 2. The first-order valence-electron chi connectivity index (χ1n) is 8.31. The van der Waals surface area contributed by atoms with E-state index in [1.54, 1.807) is 0 Å². The highest BCUT2D eigenvalue weighted by molar-refractivity contribution is 6.31. The van der Waals surface area contributed by atoms with E-state index in [4.69, 9.17) is 11.6 Å². The molecule has 0 radical (unpaired) electrons. The minimum absolute atomic E-state index is 0.0820. The lowest BCUT2D eigenvalue weighted by Gasteiger charge is -2.44. The molecule has 2 aromatic carbocycles. The van der Waals surface area contributed by atoms with Crippen LogP contribution in [-0.4, -0.2) is 29.4 Å². The molecule has 0 aliphatic carbocycles. The van der Waals surface area contributed by atoms with Gasteiger partial charge >= 0.3 is 0 Å². The van der Waals surface area contributed by atoms with Crippen LogP contribution in [0, 0.1) is 0 Å². The molecule has 0 atom stereocenters.